The summed E-state index contributed by atoms with van der Waals surface area (Å²) in [4.78, 5) is 13.1. The molecule has 0 aromatic heterocycles. The van der Waals surface area contributed by atoms with E-state index in [4.69, 9.17) is 9.47 Å². The second-order valence-corrected chi connectivity index (χ2v) is 17.5. The van der Waals surface area contributed by atoms with Crippen molar-refractivity contribution in [3.05, 3.63) is 48.6 Å². The van der Waals surface area contributed by atoms with E-state index in [1.807, 2.05) is 0 Å². The van der Waals surface area contributed by atoms with Crippen LogP contribution in [0.4, 0.5) is 0 Å². The van der Waals surface area contributed by atoms with Crippen molar-refractivity contribution in [3.63, 3.8) is 0 Å². The molecule has 1 amide bonds. The number of rotatable bonds is 39. The van der Waals surface area contributed by atoms with Gasteiger partial charge in [-0.25, -0.2) is 4.18 Å². The van der Waals surface area contributed by atoms with Gasteiger partial charge in [0.05, 0.1) is 25.4 Å². The summed E-state index contributed by atoms with van der Waals surface area (Å²) in [6, 6.07) is -1.14. The van der Waals surface area contributed by atoms with Gasteiger partial charge < -0.3 is 40.3 Å². The zero-order valence-electron chi connectivity index (χ0n) is 37.6. The number of ether oxygens (including phenoxy) is 2. The maximum Gasteiger partial charge on any atom is 0.397 e. The van der Waals surface area contributed by atoms with E-state index in [0.29, 0.717) is 12.8 Å². The Morgan fingerprint density at radius 1 is 0.656 bits per heavy atom. The molecule has 0 saturated carbocycles. The van der Waals surface area contributed by atoms with Crippen LogP contribution in [0, 0.1) is 0 Å². The minimum absolute atomic E-state index is 0.225. The highest BCUT2D eigenvalue weighted by molar-refractivity contribution is 7.80. The largest absolute Gasteiger partial charge is 0.397 e. The molecule has 1 rings (SSSR count). The first-order valence-electron chi connectivity index (χ1n) is 23.6. The van der Waals surface area contributed by atoms with Crippen molar-refractivity contribution in [2.45, 2.75) is 230 Å². The molecular formula is C47H85NO12S. The summed E-state index contributed by atoms with van der Waals surface area (Å²) in [7, 11) is -5.12. The van der Waals surface area contributed by atoms with E-state index < -0.39 is 78.5 Å². The first-order valence-corrected chi connectivity index (χ1v) is 25.0. The maximum atomic E-state index is 13.1. The summed E-state index contributed by atoms with van der Waals surface area (Å²) in [5.74, 6) is -0.723. The number of aliphatic hydroxyl groups is 5. The molecule has 356 valence electrons. The number of aliphatic hydroxyl groups excluding tert-OH is 5. The fraction of sp³-hybridized carbons (Fsp3) is 0.809. The molecule has 1 aliphatic heterocycles. The molecule has 1 aliphatic rings. The Labute approximate surface area is 369 Å². The number of hydrogen-bond acceptors (Lipinski definition) is 11. The summed E-state index contributed by atoms with van der Waals surface area (Å²) in [5, 5.41) is 55.1. The monoisotopic (exact) mass is 888 g/mol. The molecule has 0 aromatic rings. The van der Waals surface area contributed by atoms with E-state index in [1.54, 1.807) is 6.08 Å². The topological polar surface area (TPSA) is 212 Å². The van der Waals surface area contributed by atoms with Gasteiger partial charge in [-0.2, -0.15) is 8.42 Å². The Bertz CT molecular complexity index is 1290. The van der Waals surface area contributed by atoms with Crippen LogP contribution in [0.25, 0.3) is 0 Å². The lowest BCUT2D eigenvalue weighted by Crippen LogP contribution is -2.61. The predicted octanol–water partition coefficient (Wildman–Crippen LogP) is 8.24. The second-order valence-electron chi connectivity index (χ2n) is 16.5. The van der Waals surface area contributed by atoms with Crippen LogP contribution in [-0.4, -0.2) is 107 Å². The molecule has 7 N–H and O–H groups in total. The van der Waals surface area contributed by atoms with Gasteiger partial charge in [-0.05, 0) is 64.2 Å². The average Bonchev–Trinajstić information content (AvgIpc) is 3.23. The van der Waals surface area contributed by atoms with Gasteiger partial charge in [0.25, 0.3) is 0 Å². The molecule has 8 unspecified atom stereocenters. The lowest BCUT2D eigenvalue weighted by atomic mass is 9.99. The highest BCUT2D eigenvalue weighted by Gasteiger charge is 2.48. The number of allylic oxidation sites excluding steroid dienone is 7. The first kappa shape index (κ1) is 57.0. The summed E-state index contributed by atoms with van der Waals surface area (Å²) in [6.45, 7) is 3.13. The quantitative estimate of drug-likeness (QED) is 0.0177. The van der Waals surface area contributed by atoms with Crippen molar-refractivity contribution in [2.24, 2.45) is 0 Å². The molecular weight excluding hydrogens is 803 g/mol. The SMILES string of the molecule is CCCC/C=C/CC/C=C/CC/C=C/C(O)C(COC1OC(CO)C(O)C(OS(=O)(=O)O)C1O)NC(=O)C(O)CCCCCCCC/C=C\CCCCCCCCCCCC. The number of nitrogens with one attached hydrogen (secondary N) is 1. The average molecular weight is 888 g/mol. The second kappa shape index (κ2) is 37.4. The molecule has 0 radical (unpaired) electrons. The highest BCUT2D eigenvalue weighted by atomic mass is 32.3. The van der Waals surface area contributed by atoms with Gasteiger partial charge in [0.1, 0.15) is 30.5 Å². The van der Waals surface area contributed by atoms with Crippen LogP contribution in [0.2, 0.25) is 0 Å². The van der Waals surface area contributed by atoms with Gasteiger partial charge in [-0.1, -0.05) is 165 Å². The molecule has 1 heterocycles. The first-order chi connectivity index (χ1) is 29.4. The van der Waals surface area contributed by atoms with Gasteiger partial charge in [-0.3, -0.25) is 9.35 Å². The fourth-order valence-corrected chi connectivity index (χ4v) is 7.63. The number of amides is 1. The third-order valence-electron chi connectivity index (χ3n) is 10.9. The van der Waals surface area contributed by atoms with E-state index in [9.17, 15) is 43.3 Å². The van der Waals surface area contributed by atoms with Gasteiger partial charge in [0.15, 0.2) is 6.29 Å². The third-order valence-corrected chi connectivity index (χ3v) is 11.4. The summed E-state index contributed by atoms with van der Waals surface area (Å²) in [5.41, 5.74) is 0. The Hall–Kier alpha value is -1.98. The van der Waals surface area contributed by atoms with Crippen molar-refractivity contribution in [3.8, 4) is 0 Å². The van der Waals surface area contributed by atoms with Crippen LogP contribution in [0.3, 0.4) is 0 Å². The molecule has 1 saturated heterocycles. The highest BCUT2D eigenvalue weighted by Crippen LogP contribution is 2.26. The molecule has 1 fully saturated rings. The molecule has 0 spiro atoms. The molecule has 0 aliphatic carbocycles. The van der Waals surface area contributed by atoms with Crippen LogP contribution >= 0.6 is 0 Å². The smallest absolute Gasteiger partial charge is 0.394 e. The van der Waals surface area contributed by atoms with E-state index in [-0.39, 0.29) is 6.42 Å². The van der Waals surface area contributed by atoms with Crippen molar-refractivity contribution in [1.82, 2.24) is 5.32 Å². The maximum absolute atomic E-state index is 13.1. The Morgan fingerprint density at radius 2 is 1.11 bits per heavy atom. The lowest BCUT2D eigenvalue weighted by molar-refractivity contribution is -0.298. The zero-order valence-corrected chi connectivity index (χ0v) is 38.4. The van der Waals surface area contributed by atoms with E-state index in [1.165, 1.54) is 83.1 Å². The number of carbonyl (C=O) groups excluding carboxylic acids is 1. The van der Waals surface area contributed by atoms with Crippen molar-refractivity contribution in [2.75, 3.05) is 13.2 Å². The lowest BCUT2D eigenvalue weighted by Gasteiger charge is -2.41. The van der Waals surface area contributed by atoms with E-state index in [2.05, 4.69) is 59.8 Å². The molecule has 14 heteroatoms. The molecule has 0 bridgehead atoms. The summed E-state index contributed by atoms with van der Waals surface area (Å²) >= 11 is 0. The van der Waals surface area contributed by atoms with Gasteiger partial charge in [0, 0.05) is 0 Å². The normalized spacial score (nSPS) is 21.6. The molecule has 13 nitrogen and oxygen atoms in total. The number of hydrogen-bond donors (Lipinski definition) is 7. The Balaban J connectivity index is 2.55. The van der Waals surface area contributed by atoms with E-state index in [0.717, 1.165) is 70.6 Å². The zero-order chi connectivity index (χ0) is 45.0. The molecule has 0 aromatic carbocycles. The van der Waals surface area contributed by atoms with Crippen LogP contribution in [-0.2, 0) is 28.9 Å². The van der Waals surface area contributed by atoms with Gasteiger partial charge in [-0.15, -0.1) is 0 Å². The van der Waals surface area contributed by atoms with Gasteiger partial charge in [0.2, 0.25) is 5.91 Å². The van der Waals surface area contributed by atoms with Crippen molar-refractivity contribution in [1.29, 1.82) is 0 Å². The van der Waals surface area contributed by atoms with Crippen LogP contribution in [0.15, 0.2) is 48.6 Å². The van der Waals surface area contributed by atoms with Crippen LogP contribution in [0.5, 0.6) is 0 Å². The minimum atomic E-state index is -5.12. The summed E-state index contributed by atoms with van der Waals surface area (Å²) < 4.78 is 47.4. The van der Waals surface area contributed by atoms with Crippen molar-refractivity contribution < 1.29 is 57.0 Å². The fourth-order valence-electron chi connectivity index (χ4n) is 7.12. The minimum Gasteiger partial charge on any atom is -0.394 e. The van der Waals surface area contributed by atoms with Crippen molar-refractivity contribution >= 4 is 16.3 Å². The van der Waals surface area contributed by atoms with Crippen LogP contribution in [0.1, 0.15) is 181 Å². The van der Waals surface area contributed by atoms with Gasteiger partial charge >= 0.3 is 10.4 Å². The molecule has 61 heavy (non-hydrogen) atoms. The standard InChI is InChI=1S/C47H85NO12S/c1-3-5-7-9-11-13-15-17-18-19-20-21-22-23-24-26-28-30-32-34-36-41(51)46(54)48-39(40(50)35-33-31-29-27-25-16-14-12-10-8-6-4-2)38-58-47-44(53)45(60-61(55,56)57)43(52)42(37-49)59-47/h10,12,21-22,25,27,33,35,39-45,47,49-53H,3-9,11,13-20,23-24,26,28-32,34,36-38H2,1-2H3,(H,48,54)(H,55,56,57)/b12-10+,22-21-,27-25+,35-33+. The summed E-state index contributed by atoms with van der Waals surface area (Å²) in [6.07, 6.45) is 33.5. The predicted molar refractivity (Wildman–Crippen MR) is 242 cm³/mol. The van der Waals surface area contributed by atoms with E-state index >= 15 is 0 Å². The Kier molecular flexibility index (Phi) is 35.0. The number of carbonyl (C=O) groups is 1. The number of unbranched alkanes of at least 4 members (excludes halogenated alkanes) is 20. The van der Waals surface area contributed by atoms with Crippen LogP contribution < -0.4 is 5.32 Å². The third kappa shape index (κ3) is 29.9. The Morgan fingerprint density at radius 3 is 1.62 bits per heavy atom. The molecule has 8 atom stereocenters.